The first-order valence-corrected chi connectivity index (χ1v) is 9.77. The summed E-state index contributed by atoms with van der Waals surface area (Å²) in [7, 11) is 3.67. The number of rotatable bonds is 3. The Morgan fingerprint density at radius 1 is 1.26 bits per heavy atom. The van der Waals surface area contributed by atoms with Crippen LogP contribution in [0.15, 0.2) is 18.2 Å². The second-order valence-electron chi connectivity index (χ2n) is 7.96. The smallest absolute Gasteiger partial charge is 0.475 e. The summed E-state index contributed by atoms with van der Waals surface area (Å²) in [6, 6.07) is 6.08. The van der Waals surface area contributed by atoms with Crippen molar-refractivity contribution in [3.63, 3.8) is 0 Å². The van der Waals surface area contributed by atoms with E-state index >= 15 is 0 Å². The second kappa shape index (κ2) is 8.91. The molecule has 4 rings (SSSR count). The Morgan fingerprint density at radius 3 is 2.58 bits per heavy atom. The monoisotopic (exact) mass is 446 g/mol. The highest BCUT2D eigenvalue weighted by Gasteiger charge is 2.53. The molecule has 1 aromatic rings. The summed E-state index contributed by atoms with van der Waals surface area (Å²) in [4.78, 5) is 25.8. The van der Waals surface area contributed by atoms with E-state index in [1.165, 1.54) is 5.56 Å². The van der Waals surface area contributed by atoms with E-state index in [4.69, 9.17) is 24.1 Å². The van der Waals surface area contributed by atoms with E-state index in [1.807, 2.05) is 26.2 Å². The molecule has 0 unspecified atom stereocenters. The second-order valence-corrected chi connectivity index (χ2v) is 7.96. The lowest BCUT2D eigenvalue weighted by Crippen LogP contribution is -2.56. The third-order valence-corrected chi connectivity index (χ3v) is 5.61. The Morgan fingerprint density at radius 2 is 1.94 bits per heavy atom. The molecule has 1 aromatic carbocycles. The number of halogens is 3. The molecule has 31 heavy (non-hydrogen) atoms. The van der Waals surface area contributed by atoms with E-state index in [0.717, 1.165) is 44.0 Å². The molecule has 2 saturated heterocycles. The number of amides is 1. The topological polar surface area (TPSA) is 88.5 Å². The lowest BCUT2D eigenvalue weighted by atomic mass is 9.75. The molecule has 172 valence electrons. The summed E-state index contributed by atoms with van der Waals surface area (Å²) in [5.74, 6) is -0.945. The van der Waals surface area contributed by atoms with Crippen molar-refractivity contribution in [1.82, 2.24) is 9.80 Å². The van der Waals surface area contributed by atoms with Crippen LogP contribution in [0.4, 0.5) is 13.2 Å². The molecule has 11 heteroatoms. The van der Waals surface area contributed by atoms with Gasteiger partial charge in [0.1, 0.15) is 0 Å². The Hall–Kier alpha value is -2.53. The molecule has 3 heterocycles. The first-order valence-electron chi connectivity index (χ1n) is 9.77. The maximum atomic E-state index is 12.8. The van der Waals surface area contributed by atoms with Gasteiger partial charge >= 0.3 is 12.1 Å². The number of hydrogen-bond donors (Lipinski definition) is 1. The van der Waals surface area contributed by atoms with Gasteiger partial charge in [0.2, 0.25) is 12.7 Å². The van der Waals surface area contributed by atoms with Crippen LogP contribution in [-0.4, -0.2) is 79.6 Å². The summed E-state index contributed by atoms with van der Waals surface area (Å²) >= 11 is 0. The lowest BCUT2D eigenvalue weighted by molar-refractivity contribution is -0.192. The van der Waals surface area contributed by atoms with E-state index < -0.39 is 17.6 Å². The van der Waals surface area contributed by atoms with Gasteiger partial charge in [0.15, 0.2) is 11.5 Å². The van der Waals surface area contributed by atoms with Gasteiger partial charge in [0.25, 0.3) is 0 Å². The van der Waals surface area contributed by atoms with E-state index in [9.17, 15) is 18.0 Å². The van der Waals surface area contributed by atoms with Gasteiger partial charge in [-0.3, -0.25) is 9.69 Å². The van der Waals surface area contributed by atoms with E-state index in [2.05, 4.69) is 11.0 Å². The number of carboxylic acids is 1. The lowest BCUT2D eigenvalue weighted by Gasteiger charge is -2.43. The number of benzene rings is 1. The Balaban J connectivity index is 0.000000339. The summed E-state index contributed by atoms with van der Waals surface area (Å²) in [5, 5.41) is 7.12. The number of carbonyl (C=O) groups is 2. The van der Waals surface area contributed by atoms with Gasteiger partial charge in [0.05, 0.1) is 11.5 Å². The van der Waals surface area contributed by atoms with Gasteiger partial charge in [-0.2, -0.15) is 13.2 Å². The fraction of sp³-hybridized carbons (Fsp3) is 0.600. The van der Waals surface area contributed by atoms with Crippen LogP contribution in [0.1, 0.15) is 18.4 Å². The van der Waals surface area contributed by atoms with E-state index in [1.54, 1.807) is 4.90 Å². The van der Waals surface area contributed by atoms with Crippen molar-refractivity contribution in [2.24, 2.45) is 5.41 Å². The highest BCUT2D eigenvalue weighted by molar-refractivity contribution is 5.83. The highest BCUT2D eigenvalue weighted by atomic mass is 19.4. The number of nitrogens with zero attached hydrogens (tertiary/aromatic N) is 2. The number of fused-ring (bicyclic) bond motifs is 2. The molecule has 0 bridgehead atoms. The van der Waals surface area contributed by atoms with E-state index in [0.29, 0.717) is 13.4 Å². The minimum Gasteiger partial charge on any atom is -0.475 e. The molecule has 0 spiro atoms. The summed E-state index contributed by atoms with van der Waals surface area (Å²) in [5.41, 5.74) is 0.794. The van der Waals surface area contributed by atoms with Gasteiger partial charge in [-0.25, -0.2) is 4.79 Å². The molecular weight excluding hydrogens is 421 g/mol. The van der Waals surface area contributed by atoms with Crippen molar-refractivity contribution < 1.29 is 42.1 Å². The number of alkyl halides is 3. The summed E-state index contributed by atoms with van der Waals surface area (Å²) < 4.78 is 48.5. The zero-order valence-electron chi connectivity index (χ0n) is 17.3. The zero-order chi connectivity index (χ0) is 22.8. The molecule has 3 aliphatic heterocycles. The van der Waals surface area contributed by atoms with Crippen molar-refractivity contribution in [3.8, 4) is 11.5 Å². The fourth-order valence-corrected chi connectivity index (χ4v) is 4.21. The van der Waals surface area contributed by atoms with Crippen molar-refractivity contribution >= 4 is 11.9 Å². The quantitative estimate of drug-likeness (QED) is 0.761. The molecule has 0 aliphatic carbocycles. The highest BCUT2D eigenvalue weighted by Crippen LogP contribution is 2.42. The number of likely N-dealkylation sites (tertiary alicyclic amines) is 1. The average Bonchev–Trinajstić information content (AvgIpc) is 3.33. The van der Waals surface area contributed by atoms with Crippen LogP contribution in [-0.2, 0) is 20.9 Å². The largest absolute Gasteiger partial charge is 0.490 e. The van der Waals surface area contributed by atoms with Crippen LogP contribution in [0.25, 0.3) is 0 Å². The Bertz CT molecular complexity index is 832. The van der Waals surface area contributed by atoms with Crippen LogP contribution in [0, 0.1) is 5.41 Å². The summed E-state index contributed by atoms with van der Waals surface area (Å²) in [6.07, 6.45) is -3.31. The molecule has 2 fully saturated rings. The Kier molecular flexibility index (Phi) is 6.65. The maximum Gasteiger partial charge on any atom is 0.490 e. The predicted molar refractivity (Wildman–Crippen MR) is 102 cm³/mol. The SMILES string of the molecule is CN(C)C(=O)[C@@]12CCO[C@@H]1CCN(Cc1ccc3c(c1)OCO3)C2.O=C(O)C(F)(F)F. The third kappa shape index (κ3) is 5.04. The van der Waals surface area contributed by atoms with Crippen LogP contribution >= 0.6 is 0 Å². The van der Waals surface area contributed by atoms with E-state index in [-0.39, 0.29) is 12.0 Å². The molecule has 0 radical (unpaired) electrons. The van der Waals surface area contributed by atoms with Gasteiger partial charge in [-0.1, -0.05) is 6.07 Å². The molecule has 3 aliphatic rings. The van der Waals surface area contributed by atoms with Gasteiger partial charge in [0, 0.05) is 40.3 Å². The van der Waals surface area contributed by atoms with Crippen LogP contribution in [0.3, 0.4) is 0 Å². The zero-order valence-corrected chi connectivity index (χ0v) is 17.3. The minimum atomic E-state index is -5.08. The number of aliphatic carboxylic acids is 1. The maximum absolute atomic E-state index is 12.8. The van der Waals surface area contributed by atoms with Crippen LogP contribution in [0.5, 0.6) is 11.5 Å². The van der Waals surface area contributed by atoms with Gasteiger partial charge in [-0.15, -0.1) is 0 Å². The minimum absolute atomic E-state index is 0.0559. The van der Waals surface area contributed by atoms with Crippen molar-refractivity contribution in [2.45, 2.75) is 31.7 Å². The molecule has 2 atom stereocenters. The molecule has 8 nitrogen and oxygen atoms in total. The van der Waals surface area contributed by atoms with Crippen molar-refractivity contribution in [3.05, 3.63) is 23.8 Å². The van der Waals surface area contributed by atoms with Crippen LogP contribution in [0.2, 0.25) is 0 Å². The predicted octanol–water partition coefficient (Wildman–Crippen LogP) is 2.12. The van der Waals surface area contributed by atoms with Gasteiger partial charge < -0.3 is 24.2 Å². The number of hydrogen-bond acceptors (Lipinski definition) is 6. The number of ether oxygens (including phenoxy) is 3. The molecule has 1 amide bonds. The van der Waals surface area contributed by atoms with Crippen molar-refractivity contribution in [2.75, 3.05) is 40.6 Å². The van der Waals surface area contributed by atoms with Crippen LogP contribution < -0.4 is 9.47 Å². The molecular formula is C20H25F3N2O6. The number of carboxylic acid groups (broad SMARTS) is 1. The molecule has 0 aromatic heterocycles. The number of carbonyl (C=O) groups excluding carboxylic acids is 1. The number of piperidine rings is 1. The normalized spacial score (nSPS) is 24.7. The third-order valence-electron chi connectivity index (χ3n) is 5.61. The average molecular weight is 446 g/mol. The van der Waals surface area contributed by atoms with Gasteiger partial charge in [-0.05, 0) is 30.5 Å². The first-order chi connectivity index (χ1) is 14.5. The first kappa shape index (κ1) is 23.1. The summed E-state index contributed by atoms with van der Waals surface area (Å²) in [6.45, 7) is 3.49. The van der Waals surface area contributed by atoms with Crippen molar-refractivity contribution in [1.29, 1.82) is 0 Å². The molecule has 0 saturated carbocycles. The Labute approximate surface area is 177 Å². The standard InChI is InChI=1S/C18H24N2O4.C2HF3O2/c1-19(2)17(21)18-6-8-22-16(18)5-7-20(11-18)10-13-3-4-14-15(9-13)24-12-23-14;3-2(4,5)1(6)7/h3-4,9,16H,5-8,10-12H2,1-2H3;(H,6,7)/t16-,18-;/m1./s1. The fourth-order valence-electron chi connectivity index (χ4n) is 4.21. The molecule has 1 N–H and O–H groups in total.